The predicted molar refractivity (Wildman–Crippen MR) is 78.4 cm³/mol. The molecule has 0 aliphatic heterocycles. The first kappa shape index (κ1) is 15.3. The van der Waals surface area contributed by atoms with Gasteiger partial charge in [-0.1, -0.05) is 30.3 Å². The quantitative estimate of drug-likeness (QED) is 0.733. The maximum atomic E-state index is 11.7. The molecule has 5 nitrogen and oxygen atoms in total. The zero-order valence-corrected chi connectivity index (χ0v) is 12.4. The van der Waals surface area contributed by atoms with Gasteiger partial charge in [0.15, 0.2) is 6.39 Å². The molecule has 0 aliphatic carbocycles. The van der Waals surface area contributed by atoms with Crippen molar-refractivity contribution in [1.29, 1.82) is 0 Å². The van der Waals surface area contributed by atoms with Crippen LogP contribution in [0.25, 0.3) is 0 Å². The van der Waals surface area contributed by atoms with Crippen LogP contribution in [0.4, 0.5) is 0 Å². The number of rotatable bonds is 7. The largest absolute Gasteiger partial charge is 0.465 e. The zero-order chi connectivity index (χ0) is 15.1. The molecular weight excluding hydrogens is 268 g/mol. The van der Waals surface area contributed by atoms with Crippen LogP contribution >= 0.6 is 0 Å². The van der Waals surface area contributed by atoms with E-state index in [4.69, 9.17) is 9.15 Å². The van der Waals surface area contributed by atoms with E-state index in [1.54, 1.807) is 6.92 Å². The van der Waals surface area contributed by atoms with Gasteiger partial charge >= 0.3 is 5.97 Å². The molecule has 5 heteroatoms. The molecule has 0 N–H and O–H groups in total. The van der Waals surface area contributed by atoms with Crippen LogP contribution in [0.1, 0.15) is 23.9 Å². The van der Waals surface area contributed by atoms with E-state index in [0.717, 1.165) is 17.0 Å². The van der Waals surface area contributed by atoms with Crippen molar-refractivity contribution >= 4 is 5.97 Å². The highest BCUT2D eigenvalue weighted by atomic mass is 16.5. The normalized spacial score (nSPS) is 10.8. The summed E-state index contributed by atoms with van der Waals surface area (Å²) in [6.45, 7) is 5.51. The summed E-state index contributed by atoms with van der Waals surface area (Å²) in [5.74, 6) is 0.548. The molecule has 2 aromatic rings. The van der Waals surface area contributed by atoms with Crippen LogP contribution in [0, 0.1) is 6.92 Å². The highest BCUT2D eigenvalue weighted by Gasteiger charge is 2.15. The molecule has 0 unspecified atom stereocenters. The number of ether oxygens (including phenoxy) is 1. The van der Waals surface area contributed by atoms with Gasteiger partial charge in [-0.3, -0.25) is 9.69 Å². The average molecular weight is 288 g/mol. The standard InChI is InChI=1S/C16H20N2O3/c1-3-20-16(19)11-18(9-14-7-5-4-6-8-14)10-15-13(2)21-12-17-15/h4-8,12H,3,9-11H2,1-2H3. The molecular formula is C16H20N2O3. The van der Waals surface area contributed by atoms with Crippen LogP contribution in [0.3, 0.4) is 0 Å². The third-order valence-corrected chi connectivity index (χ3v) is 3.12. The Morgan fingerprint density at radius 1 is 1.29 bits per heavy atom. The summed E-state index contributed by atoms with van der Waals surface area (Å²) < 4.78 is 10.2. The predicted octanol–water partition coefficient (Wildman–Crippen LogP) is 2.55. The van der Waals surface area contributed by atoms with Crippen LogP contribution in [0.5, 0.6) is 0 Å². The van der Waals surface area contributed by atoms with Gasteiger partial charge in [-0.25, -0.2) is 4.98 Å². The molecule has 0 atom stereocenters. The second-order valence-electron chi connectivity index (χ2n) is 4.79. The Bertz CT molecular complexity index is 566. The summed E-state index contributed by atoms with van der Waals surface area (Å²) in [7, 11) is 0. The van der Waals surface area contributed by atoms with Gasteiger partial charge < -0.3 is 9.15 Å². The molecule has 0 bridgehead atoms. The fraction of sp³-hybridized carbons (Fsp3) is 0.375. The molecule has 21 heavy (non-hydrogen) atoms. The van der Waals surface area contributed by atoms with E-state index in [9.17, 15) is 4.79 Å². The fourth-order valence-corrected chi connectivity index (χ4v) is 2.09. The van der Waals surface area contributed by atoms with Crippen molar-refractivity contribution in [2.24, 2.45) is 0 Å². The molecule has 1 aromatic heterocycles. The van der Waals surface area contributed by atoms with E-state index in [1.165, 1.54) is 6.39 Å². The van der Waals surface area contributed by atoms with Crippen LogP contribution in [-0.4, -0.2) is 29.0 Å². The van der Waals surface area contributed by atoms with Crippen molar-refractivity contribution in [3.63, 3.8) is 0 Å². The molecule has 1 heterocycles. The first-order valence-electron chi connectivity index (χ1n) is 7.00. The van der Waals surface area contributed by atoms with Gasteiger partial charge in [0.2, 0.25) is 0 Å². The van der Waals surface area contributed by atoms with Crippen molar-refractivity contribution in [2.75, 3.05) is 13.2 Å². The number of carbonyl (C=O) groups is 1. The first-order valence-corrected chi connectivity index (χ1v) is 7.00. The Morgan fingerprint density at radius 2 is 2.05 bits per heavy atom. The minimum atomic E-state index is -0.227. The van der Waals surface area contributed by atoms with Crippen LogP contribution in [0.2, 0.25) is 0 Å². The number of hydrogen-bond donors (Lipinski definition) is 0. The SMILES string of the molecule is CCOC(=O)CN(Cc1ccccc1)Cc1ncoc1C. The molecule has 0 amide bonds. The number of nitrogens with zero attached hydrogens (tertiary/aromatic N) is 2. The summed E-state index contributed by atoms with van der Waals surface area (Å²) in [6, 6.07) is 10.0. The number of hydrogen-bond acceptors (Lipinski definition) is 5. The van der Waals surface area contributed by atoms with Crippen molar-refractivity contribution in [1.82, 2.24) is 9.88 Å². The lowest BCUT2D eigenvalue weighted by Crippen LogP contribution is -2.30. The monoisotopic (exact) mass is 288 g/mol. The van der Waals surface area contributed by atoms with Crippen molar-refractivity contribution in [3.8, 4) is 0 Å². The smallest absolute Gasteiger partial charge is 0.320 e. The third kappa shape index (κ3) is 4.72. The van der Waals surface area contributed by atoms with Crippen LogP contribution in [-0.2, 0) is 22.6 Å². The van der Waals surface area contributed by atoms with E-state index in [1.807, 2.05) is 42.2 Å². The fourth-order valence-electron chi connectivity index (χ4n) is 2.09. The van der Waals surface area contributed by atoms with E-state index in [2.05, 4.69) is 4.98 Å². The summed E-state index contributed by atoms with van der Waals surface area (Å²) >= 11 is 0. The summed E-state index contributed by atoms with van der Waals surface area (Å²) in [6.07, 6.45) is 1.43. The van der Waals surface area contributed by atoms with E-state index in [-0.39, 0.29) is 12.5 Å². The number of aryl methyl sites for hydroxylation is 1. The van der Waals surface area contributed by atoms with E-state index < -0.39 is 0 Å². The molecule has 0 radical (unpaired) electrons. The molecule has 2 rings (SSSR count). The molecule has 1 aromatic carbocycles. The topological polar surface area (TPSA) is 55.6 Å². The van der Waals surface area contributed by atoms with E-state index >= 15 is 0 Å². The highest BCUT2D eigenvalue weighted by molar-refractivity contribution is 5.71. The van der Waals surface area contributed by atoms with E-state index in [0.29, 0.717) is 19.7 Å². The lowest BCUT2D eigenvalue weighted by molar-refractivity contribution is -0.144. The Kier molecular flexibility index (Phi) is 5.51. The summed E-state index contributed by atoms with van der Waals surface area (Å²) in [5.41, 5.74) is 1.98. The van der Waals surface area contributed by atoms with Gasteiger partial charge in [-0.05, 0) is 19.4 Å². The average Bonchev–Trinajstić information content (AvgIpc) is 2.85. The Balaban J connectivity index is 2.06. The van der Waals surface area contributed by atoms with Crippen LogP contribution < -0.4 is 0 Å². The number of aromatic nitrogens is 1. The van der Waals surface area contributed by atoms with Gasteiger partial charge in [0.05, 0.1) is 18.8 Å². The summed E-state index contributed by atoms with van der Waals surface area (Å²) in [4.78, 5) is 17.9. The molecule has 0 aliphatic rings. The lowest BCUT2D eigenvalue weighted by Gasteiger charge is -2.20. The summed E-state index contributed by atoms with van der Waals surface area (Å²) in [5, 5.41) is 0. The van der Waals surface area contributed by atoms with Crippen molar-refractivity contribution in [3.05, 3.63) is 53.7 Å². The first-order chi connectivity index (χ1) is 10.2. The van der Waals surface area contributed by atoms with Gasteiger partial charge in [0.1, 0.15) is 5.76 Å². The molecule has 0 fully saturated rings. The number of carbonyl (C=O) groups excluding carboxylic acids is 1. The maximum Gasteiger partial charge on any atom is 0.320 e. The second kappa shape index (κ2) is 7.59. The van der Waals surface area contributed by atoms with Gasteiger partial charge in [0.25, 0.3) is 0 Å². The zero-order valence-electron chi connectivity index (χ0n) is 12.4. The maximum absolute atomic E-state index is 11.7. The lowest BCUT2D eigenvalue weighted by atomic mass is 10.2. The molecule has 0 saturated heterocycles. The Hall–Kier alpha value is -2.14. The minimum Gasteiger partial charge on any atom is -0.465 e. The third-order valence-electron chi connectivity index (χ3n) is 3.12. The highest BCUT2D eigenvalue weighted by Crippen LogP contribution is 2.12. The van der Waals surface area contributed by atoms with Gasteiger partial charge in [0, 0.05) is 13.1 Å². The van der Waals surface area contributed by atoms with Crippen LogP contribution in [0.15, 0.2) is 41.1 Å². The number of oxazole rings is 1. The molecule has 112 valence electrons. The Morgan fingerprint density at radius 3 is 2.67 bits per heavy atom. The molecule has 0 saturated carbocycles. The Labute approximate surface area is 124 Å². The minimum absolute atomic E-state index is 0.227. The number of esters is 1. The second-order valence-corrected chi connectivity index (χ2v) is 4.79. The number of benzene rings is 1. The van der Waals surface area contributed by atoms with Crippen molar-refractivity contribution < 1.29 is 13.9 Å². The molecule has 0 spiro atoms. The van der Waals surface area contributed by atoms with Crippen molar-refractivity contribution in [2.45, 2.75) is 26.9 Å². The van der Waals surface area contributed by atoms with Gasteiger partial charge in [-0.15, -0.1) is 0 Å². The van der Waals surface area contributed by atoms with Gasteiger partial charge in [-0.2, -0.15) is 0 Å².